The molecule has 2 N–H and O–H groups in total. The molecule has 0 saturated heterocycles. The fourth-order valence-corrected chi connectivity index (χ4v) is 2.18. The van der Waals surface area contributed by atoms with Crippen LogP contribution >= 0.6 is 11.6 Å². The minimum Gasteiger partial charge on any atom is -0.379 e. The summed E-state index contributed by atoms with van der Waals surface area (Å²) in [4.78, 5) is 16.2. The summed E-state index contributed by atoms with van der Waals surface area (Å²) in [5.74, 6) is -0.650. The molecule has 1 aromatic carbocycles. The van der Waals surface area contributed by atoms with Crippen molar-refractivity contribution in [3.63, 3.8) is 0 Å². The topological polar surface area (TPSA) is 54.0 Å². The summed E-state index contributed by atoms with van der Waals surface area (Å²) in [5.41, 5.74) is -0.407. The number of carbonyl (C=O) groups excluding carboxylic acids is 1. The number of hydrogen-bond acceptors (Lipinski definition) is 3. The second kappa shape index (κ2) is 6.92. The Labute approximate surface area is 148 Å². The molecule has 0 spiro atoms. The highest BCUT2D eigenvalue weighted by Crippen LogP contribution is 2.33. The first-order chi connectivity index (χ1) is 11.5. The van der Waals surface area contributed by atoms with Crippen LogP contribution in [0.3, 0.4) is 0 Å². The highest BCUT2D eigenvalue weighted by atomic mass is 35.5. The van der Waals surface area contributed by atoms with Crippen molar-refractivity contribution in [3.8, 4) is 0 Å². The number of hydrogen-bond donors (Lipinski definition) is 2. The number of anilines is 2. The highest BCUT2D eigenvalue weighted by Gasteiger charge is 2.31. The maximum absolute atomic E-state index is 12.8. The van der Waals surface area contributed by atoms with Gasteiger partial charge in [0.1, 0.15) is 5.69 Å². The zero-order valence-corrected chi connectivity index (χ0v) is 14.6. The average Bonchev–Trinajstić information content (AvgIpc) is 2.47. The van der Waals surface area contributed by atoms with Crippen LogP contribution in [0.15, 0.2) is 36.5 Å². The maximum Gasteiger partial charge on any atom is 0.416 e. The minimum absolute atomic E-state index is 0.00682. The summed E-state index contributed by atoms with van der Waals surface area (Å²) in [6.45, 7) is 5.93. The van der Waals surface area contributed by atoms with Crippen molar-refractivity contribution < 1.29 is 18.0 Å². The Morgan fingerprint density at radius 2 is 1.80 bits per heavy atom. The molecule has 0 radical (unpaired) electrons. The number of carbonyl (C=O) groups is 1. The van der Waals surface area contributed by atoms with E-state index in [0.29, 0.717) is 0 Å². The van der Waals surface area contributed by atoms with E-state index in [1.807, 2.05) is 20.8 Å². The lowest BCUT2D eigenvalue weighted by Gasteiger charge is -2.21. The van der Waals surface area contributed by atoms with Crippen molar-refractivity contribution in [3.05, 3.63) is 52.8 Å². The molecule has 0 aliphatic rings. The van der Waals surface area contributed by atoms with Crippen molar-refractivity contribution in [2.45, 2.75) is 32.5 Å². The lowest BCUT2D eigenvalue weighted by Crippen LogP contribution is -2.26. The summed E-state index contributed by atoms with van der Waals surface area (Å²) in [6.07, 6.45) is -3.05. The molecule has 4 nitrogen and oxygen atoms in total. The van der Waals surface area contributed by atoms with Crippen LogP contribution in [0.4, 0.5) is 24.5 Å². The molecule has 0 fully saturated rings. The quantitative estimate of drug-likeness (QED) is 0.778. The smallest absolute Gasteiger partial charge is 0.379 e. The van der Waals surface area contributed by atoms with Crippen LogP contribution in [-0.4, -0.2) is 16.4 Å². The van der Waals surface area contributed by atoms with Gasteiger partial charge in [-0.3, -0.25) is 4.79 Å². The monoisotopic (exact) mass is 371 g/mol. The Balaban J connectivity index is 2.17. The van der Waals surface area contributed by atoms with Gasteiger partial charge in [0.15, 0.2) is 0 Å². The van der Waals surface area contributed by atoms with Crippen molar-refractivity contribution in [2.24, 2.45) is 0 Å². The van der Waals surface area contributed by atoms with E-state index in [2.05, 4.69) is 15.6 Å². The van der Waals surface area contributed by atoms with Gasteiger partial charge >= 0.3 is 6.18 Å². The number of nitrogens with zero attached hydrogens (tertiary/aromatic N) is 1. The fourth-order valence-electron chi connectivity index (χ4n) is 2.02. The normalized spacial score (nSPS) is 12.0. The first kappa shape index (κ1) is 19.1. The molecule has 0 atom stereocenters. The maximum atomic E-state index is 12.8. The predicted octanol–water partition coefficient (Wildman–Crippen LogP) is 5.22. The molecule has 25 heavy (non-hydrogen) atoms. The molecule has 0 saturated carbocycles. The first-order valence-corrected chi connectivity index (χ1v) is 7.76. The Bertz CT molecular complexity index is 768. The summed E-state index contributed by atoms with van der Waals surface area (Å²) in [7, 11) is 0. The van der Waals surface area contributed by atoms with Gasteiger partial charge in [-0.2, -0.15) is 13.2 Å². The number of nitrogens with one attached hydrogen (secondary N) is 2. The van der Waals surface area contributed by atoms with Gasteiger partial charge in [-0.25, -0.2) is 4.98 Å². The Morgan fingerprint density at radius 1 is 1.12 bits per heavy atom. The summed E-state index contributed by atoms with van der Waals surface area (Å²) < 4.78 is 38.3. The van der Waals surface area contributed by atoms with Crippen molar-refractivity contribution in [1.29, 1.82) is 0 Å². The van der Waals surface area contributed by atoms with Crippen LogP contribution < -0.4 is 10.6 Å². The Kier molecular flexibility index (Phi) is 5.27. The van der Waals surface area contributed by atoms with E-state index in [1.165, 1.54) is 12.3 Å². The van der Waals surface area contributed by atoms with Crippen LogP contribution in [-0.2, 0) is 6.18 Å². The summed E-state index contributed by atoms with van der Waals surface area (Å²) in [6, 6.07) is 5.87. The van der Waals surface area contributed by atoms with E-state index in [4.69, 9.17) is 11.6 Å². The number of amides is 1. The number of pyridine rings is 1. The number of aromatic nitrogens is 1. The molecule has 1 aromatic heterocycles. The molecule has 0 aliphatic carbocycles. The van der Waals surface area contributed by atoms with Crippen LogP contribution in [0, 0.1) is 0 Å². The number of halogens is 4. The van der Waals surface area contributed by atoms with Crippen LogP contribution in [0.5, 0.6) is 0 Å². The van der Waals surface area contributed by atoms with E-state index in [-0.39, 0.29) is 21.9 Å². The number of benzene rings is 1. The van der Waals surface area contributed by atoms with Crippen molar-refractivity contribution >= 4 is 28.9 Å². The van der Waals surface area contributed by atoms with Gasteiger partial charge in [-0.15, -0.1) is 0 Å². The molecule has 134 valence electrons. The second-order valence-corrected chi connectivity index (χ2v) is 6.86. The van der Waals surface area contributed by atoms with Gasteiger partial charge in [-0.05, 0) is 51.1 Å². The molecule has 2 rings (SSSR count). The number of rotatable bonds is 3. The van der Waals surface area contributed by atoms with Gasteiger partial charge in [0.05, 0.1) is 28.2 Å². The van der Waals surface area contributed by atoms with E-state index in [1.54, 1.807) is 6.07 Å². The van der Waals surface area contributed by atoms with Crippen LogP contribution in [0.1, 0.15) is 36.8 Å². The molecular formula is C17H17ClF3N3O. The van der Waals surface area contributed by atoms with Gasteiger partial charge in [0, 0.05) is 5.54 Å². The van der Waals surface area contributed by atoms with E-state index < -0.39 is 17.6 Å². The van der Waals surface area contributed by atoms with Crippen LogP contribution in [0.2, 0.25) is 5.02 Å². The van der Waals surface area contributed by atoms with Crippen molar-refractivity contribution in [2.75, 3.05) is 10.6 Å². The zero-order chi connectivity index (χ0) is 18.8. The molecular weight excluding hydrogens is 355 g/mol. The summed E-state index contributed by atoms with van der Waals surface area (Å²) in [5, 5.41) is 5.55. The van der Waals surface area contributed by atoms with E-state index in [0.717, 1.165) is 23.9 Å². The van der Waals surface area contributed by atoms with Gasteiger partial charge in [-0.1, -0.05) is 11.6 Å². The van der Waals surface area contributed by atoms with Crippen LogP contribution in [0.25, 0.3) is 0 Å². The van der Waals surface area contributed by atoms with E-state index in [9.17, 15) is 18.0 Å². The molecule has 2 aromatic rings. The third kappa shape index (κ3) is 5.35. The molecule has 0 aliphatic heterocycles. The van der Waals surface area contributed by atoms with E-state index >= 15 is 0 Å². The standard InChI is InChI=1S/C17H17ClF3N3O/c1-16(2,3)24-11-5-7-13(22-9-11)15(25)23-14-8-10(17(19,20)21)4-6-12(14)18/h4-9,24H,1-3H3,(H,23,25). The van der Waals surface area contributed by atoms with Gasteiger partial charge in [0.2, 0.25) is 0 Å². The minimum atomic E-state index is -4.53. The van der Waals surface area contributed by atoms with Gasteiger partial charge in [0.25, 0.3) is 5.91 Å². The molecule has 0 bridgehead atoms. The third-order valence-corrected chi connectivity index (χ3v) is 3.39. The highest BCUT2D eigenvalue weighted by molar-refractivity contribution is 6.33. The zero-order valence-electron chi connectivity index (χ0n) is 13.8. The predicted molar refractivity (Wildman–Crippen MR) is 92.0 cm³/mol. The average molecular weight is 372 g/mol. The lowest BCUT2D eigenvalue weighted by atomic mass is 10.1. The third-order valence-electron chi connectivity index (χ3n) is 3.06. The molecule has 0 unspecified atom stereocenters. The largest absolute Gasteiger partial charge is 0.416 e. The van der Waals surface area contributed by atoms with Crippen molar-refractivity contribution in [1.82, 2.24) is 4.98 Å². The molecule has 1 heterocycles. The Morgan fingerprint density at radius 3 is 2.32 bits per heavy atom. The molecule has 8 heteroatoms. The molecule has 1 amide bonds. The lowest BCUT2D eigenvalue weighted by molar-refractivity contribution is -0.137. The summed E-state index contributed by atoms with van der Waals surface area (Å²) >= 11 is 5.86. The number of alkyl halides is 3. The fraction of sp³-hybridized carbons (Fsp3) is 0.294. The SMILES string of the molecule is CC(C)(C)Nc1ccc(C(=O)Nc2cc(C(F)(F)F)ccc2Cl)nc1. The second-order valence-electron chi connectivity index (χ2n) is 6.45. The first-order valence-electron chi connectivity index (χ1n) is 7.38. The van der Waals surface area contributed by atoms with Gasteiger partial charge < -0.3 is 10.6 Å². The Hall–Kier alpha value is -2.28.